The lowest BCUT2D eigenvalue weighted by Crippen LogP contribution is -2.33. The molecular weight excluding hydrogens is 326 g/mol. The Morgan fingerprint density at radius 3 is 2.65 bits per heavy atom. The molecule has 2 heterocycles. The van der Waals surface area contributed by atoms with Crippen LogP contribution in [0.4, 0.5) is 0 Å². The monoisotopic (exact) mass is 349 g/mol. The summed E-state index contributed by atoms with van der Waals surface area (Å²) in [4.78, 5) is 20.0. The number of fused-ring (bicyclic) bond motifs is 1. The molecule has 5 nitrogen and oxygen atoms in total. The summed E-state index contributed by atoms with van der Waals surface area (Å²) in [6.45, 7) is 6.61. The number of hydrogen-bond donors (Lipinski definition) is 0. The fourth-order valence-electron chi connectivity index (χ4n) is 3.27. The predicted molar refractivity (Wildman–Crippen MR) is 100.0 cm³/mol. The highest BCUT2D eigenvalue weighted by molar-refractivity contribution is 6.06. The van der Waals surface area contributed by atoms with Gasteiger partial charge in [0.05, 0.1) is 16.6 Å². The first-order valence-corrected chi connectivity index (χ1v) is 9.16. The van der Waals surface area contributed by atoms with Gasteiger partial charge < -0.3 is 9.42 Å². The molecule has 0 radical (unpaired) electrons. The summed E-state index contributed by atoms with van der Waals surface area (Å²) in [6.07, 6.45) is 2.12. The maximum atomic E-state index is 13.5. The van der Waals surface area contributed by atoms with Crippen molar-refractivity contribution < 1.29 is 9.32 Å². The Morgan fingerprint density at radius 1 is 1.27 bits per heavy atom. The van der Waals surface area contributed by atoms with Gasteiger partial charge in [0.1, 0.15) is 0 Å². The summed E-state index contributed by atoms with van der Waals surface area (Å²) in [5.74, 6) is 0.247. The number of amides is 1. The number of aryl methyl sites for hydroxylation is 1. The van der Waals surface area contributed by atoms with E-state index in [2.05, 4.69) is 36.1 Å². The van der Waals surface area contributed by atoms with Crippen molar-refractivity contribution in [3.05, 3.63) is 58.9 Å². The van der Waals surface area contributed by atoms with Crippen molar-refractivity contribution in [2.45, 2.75) is 52.1 Å². The molecule has 0 N–H and O–H groups in total. The van der Waals surface area contributed by atoms with Crippen molar-refractivity contribution in [1.29, 1.82) is 0 Å². The maximum Gasteiger partial charge on any atom is 0.259 e. The molecule has 0 spiro atoms. The molecule has 26 heavy (non-hydrogen) atoms. The first-order chi connectivity index (χ1) is 12.5. The van der Waals surface area contributed by atoms with E-state index in [0.717, 1.165) is 29.5 Å². The van der Waals surface area contributed by atoms with Crippen molar-refractivity contribution in [1.82, 2.24) is 15.0 Å². The zero-order valence-electron chi connectivity index (χ0n) is 15.4. The Balaban J connectivity index is 1.77. The molecule has 1 fully saturated rings. The zero-order valence-corrected chi connectivity index (χ0v) is 15.4. The summed E-state index contributed by atoms with van der Waals surface area (Å²) in [5.41, 5.74) is 3.81. The highest BCUT2D eigenvalue weighted by Crippen LogP contribution is 2.32. The Hall–Kier alpha value is -2.69. The molecule has 4 rings (SSSR count). The van der Waals surface area contributed by atoms with Crippen LogP contribution < -0.4 is 0 Å². The number of nitrogens with zero attached hydrogens (tertiary/aromatic N) is 3. The molecule has 0 aliphatic heterocycles. The van der Waals surface area contributed by atoms with E-state index >= 15 is 0 Å². The molecule has 0 bridgehead atoms. The van der Waals surface area contributed by atoms with Crippen LogP contribution in [0.5, 0.6) is 0 Å². The molecule has 3 aromatic rings. The number of hydrogen-bond acceptors (Lipinski definition) is 4. The van der Waals surface area contributed by atoms with E-state index in [1.54, 1.807) is 0 Å². The first-order valence-electron chi connectivity index (χ1n) is 9.16. The Morgan fingerprint density at radius 2 is 2.00 bits per heavy atom. The van der Waals surface area contributed by atoms with E-state index in [1.807, 2.05) is 36.1 Å². The normalized spacial score (nSPS) is 14.2. The summed E-state index contributed by atoms with van der Waals surface area (Å²) in [5, 5.41) is 4.77. The highest BCUT2D eigenvalue weighted by Gasteiger charge is 2.34. The van der Waals surface area contributed by atoms with E-state index in [4.69, 9.17) is 4.52 Å². The molecule has 1 aliphatic carbocycles. The van der Waals surface area contributed by atoms with E-state index in [1.165, 1.54) is 0 Å². The van der Waals surface area contributed by atoms with Crippen LogP contribution in [0.25, 0.3) is 11.1 Å². The van der Waals surface area contributed by atoms with E-state index < -0.39 is 0 Å². The second kappa shape index (κ2) is 6.56. The third-order valence-corrected chi connectivity index (χ3v) is 4.90. The average molecular weight is 349 g/mol. The van der Waals surface area contributed by atoms with Gasteiger partial charge in [0.15, 0.2) is 0 Å². The van der Waals surface area contributed by atoms with Crippen LogP contribution in [0.2, 0.25) is 0 Å². The molecule has 134 valence electrons. The van der Waals surface area contributed by atoms with Crippen LogP contribution in [0.15, 0.2) is 40.9 Å². The average Bonchev–Trinajstić information content (AvgIpc) is 3.42. The van der Waals surface area contributed by atoms with Crippen LogP contribution in [0.3, 0.4) is 0 Å². The van der Waals surface area contributed by atoms with Gasteiger partial charge in [-0.25, -0.2) is 4.98 Å². The van der Waals surface area contributed by atoms with Crippen LogP contribution in [0.1, 0.15) is 59.9 Å². The number of carbonyl (C=O) groups excluding carboxylic acids is 1. The van der Waals surface area contributed by atoms with Gasteiger partial charge in [-0.3, -0.25) is 4.79 Å². The lowest BCUT2D eigenvalue weighted by Gasteiger charge is -2.23. The molecule has 0 unspecified atom stereocenters. The standard InChI is InChI=1S/C21H23N3O2/c1-13(2)18-11-17(19-14(3)23-26-20(19)22-18)21(25)24(16-9-10-16)12-15-7-5-4-6-8-15/h4-8,11,13,16H,9-10,12H2,1-3H3. The third kappa shape index (κ3) is 3.09. The first kappa shape index (κ1) is 16.8. The topological polar surface area (TPSA) is 59.2 Å². The zero-order chi connectivity index (χ0) is 18.3. The summed E-state index contributed by atoms with van der Waals surface area (Å²) >= 11 is 0. The van der Waals surface area contributed by atoms with E-state index in [0.29, 0.717) is 29.6 Å². The highest BCUT2D eigenvalue weighted by atomic mass is 16.5. The molecule has 2 aromatic heterocycles. The molecule has 0 saturated heterocycles. The van der Waals surface area contributed by atoms with Gasteiger partial charge in [-0.2, -0.15) is 0 Å². The third-order valence-electron chi connectivity index (χ3n) is 4.90. The molecule has 1 amide bonds. The van der Waals surface area contributed by atoms with Gasteiger partial charge in [0.25, 0.3) is 11.6 Å². The van der Waals surface area contributed by atoms with Gasteiger partial charge in [-0.15, -0.1) is 0 Å². The van der Waals surface area contributed by atoms with Crippen LogP contribution in [0, 0.1) is 6.92 Å². The SMILES string of the molecule is Cc1noc2nc(C(C)C)cc(C(=O)N(Cc3ccccc3)C3CC3)c12. The molecule has 1 aromatic carbocycles. The summed E-state index contributed by atoms with van der Waals surface area (Å²) in [7, 11) is 0. The Kier molecular flexibility index (Phi) is 4.23. The maximum absolute atomic E-state index is 13.5. The minimum atomic E-state index is 0.0388. The second-order valence-electron chi connectivity index (χ2n) is 7.35. The number of pyridine rings is 1. The van der Waals surface area contributed by atoms with E-state index in [-0.39, 0.29) is 11.8 Å². The fraction of sp³-hybridized carbons (Fsp3) is 0.381. The lowest BCUT2D eigenvalue weighted by molar-refractivity contribution is 0.0731. The van der Waals surface area contributed by atoms with Crippen LogP contribution in [-0.2, 0) is 6.54 Å². The predicted octanol–water partition coefficient (Wildman–Crippen LogP) is 4.46. The largest absolute Gasteiger partial charge is 0.336 e. The molecule has 1 aliphatic rings. The number of carbonyl (C=O) groups is 1. The minimum Gasteiger partial charge on any atom is -0.336 e. The summed E-state index contributed by atoms with van der Waals surface area (Å²) < 4.78 is 5.37. The molecule has 1 saturated carbocycles. The van der Waals surface area contributed by atoms with Crippen molar-refractivity contribution in [3.63, 3.8) is 0 Å². The number of aromatic nitrogens is 2. The lowest BCUT2D eigenvalue weighted by atomic mass is 10.0. The van der Waals surface area contributed by atoms with Crippen LogP contribution >= 0.6 is 0 Å². The van der Waals surface area contributed by atoms with Crippen molar-refractivity contribution >= 4 is 17.0 Å². The Bertz CT molecular complexity index is 943. The van der Waals surface area contributed by atoms with Crippen molar-refractivity contribution in [3.8, 4) is 0 Å². The second-order valence-corrected chi connectivity index (χ2v) is 7.35. The van der Waals surface area contributed by atoms with Crippen molar-refractivity contribution in [2.75, 3.05) is 0 Å². The quantitative estimate of drug-likeness (QED) is 0.682. The van der Waals surface area contributed by atoms with Gasteiger partial charge in [-0.1, -0.05) is 49.3 Å². The van der Waals surface area contributed by atoms with Crippen molar-refractivity contribution in [2.24, 2.45) is 0 Å². The minimum absolute atomic E-state index is 0.0388. The Labute approximate surface area is 153 Å². The number of rotatable bonds is 5. The number of benzene rings is 1. The van der Waals surface area contributed by atoms with Gasteiger partial charge in [0, 0.05) is 18.3 Å². The van der Waals surface area contributed by atoms with Gasteiger partial charge in [-0.05, 0) is 37.3 Å². The fourth-order valence-corrected chi connectivity index (χ4v) is 3.27. The smallest absolute Gasteiger partial charge is 0.259 e. The molecule has 5 heteroatoms. The van der Waals surface area contributed by atoms with E-state index in [9.17, 15) is 4.79 Å². The van der Waals surface area contributed by atoms with Gasteiger partial charge >= 0.3 is 0 Å². The molecular formula is C21H23N3O2. The van der Waals surface area contributed by atoms with Gasteiger partial charge in [0.2, 0.25) is 0 Å². The summed E-state index contributed by atoms with van der Waals surface area (Å²) in [6, 6.07) is 12.4. The van der Waals surface area contributed by atoms with Crippen LogP contribution in [-0.4, -0.2) is 27.0 Å². The molecule has 0 atom stereocenters.